The van der Waals surface area contributed by atoms with E-state index in [4.69, 9.17) is 0 Å². The first-order chi connectivity index (χ1) is 9.21. The van der Waals surface area contributed by atoms with Crippen LogP contribution >= 0.6 is 35.7 Å². The van der Waals surface area contributed by atoms with Gasteiger partial charge in [0.1, 0.15) is 0 Å². The molecule has 0 aliphatic carbocycles. The van der Waals surface area contributed by atoms with Gasteiger partial charge in [0.2, 0.25) is 0 Å². The number of guanidine groups is 1. The molecule has 0 aromatic heterocycles. The van der Waals surface area contributed by atoms with Crippen LogP contribution in [0.2, 0.25) is 0 Å². The fourth-order valence-electron chi connectivity index (χ4n) is 2.46. The Hall–Kier alpha value is 0.310. The second-order valence-corrected chi connectivity index (χ2v) is 6.45. The van der Waals surface area contributed by atoms with Gasteiger partial charge in [-0.25, -0.2) is 0 Å². The molecule has 2 unspecified atom stereocenters. The van der Waals surface area contributed by atoms with E-state index in [1.165, 1.54) is 18.6 Å². The zero-order valence-electron chi connectivity index (χ0n) is 13.3. The minimum absolute atomic E-state index is 0. The summed E-state index contributed by atoms with van der Waals surface area (Å²) in [5.41, 5.74) is 0. The third kappa shape index (κ3) is 7.36. The Morgan fingerprint density at radius 2 is 2.05 bits per heavy atom. The van der Waals surface area contributed by atoms with Gasteiger partial charge in [-0.2, -0.15) is 11.8 Å². The van der Waals surface area contributed by atoms with Gasteiger partial charge in [0.15, 0.2) is 5.96 Å². The second-order valence-electron chi connectivity index (χ2n) is 5.04. The third-order valence-corrected chi connectivity index (χ3v) is 5.14. The van der Waals surface area contributed by atoms with Crippen molar-refractivity contribution in [2.45, 2.75) is 44.9 Å². The van der Waals surface area contributed by atoms with Crippen LogP contribution in [0.25, 0.3) is 0 Å². The molecule has 2 atom stereocenters. The second kappa shape index (κ2) is 11.9. The van der Waals surface area contributed by atoms with Crippen LogP contribution in [0.15, 0.2) is 4.99 Å². The molecule has 120 valence electrons. The maximum absolute atomic E-state index is 4.30. The van der Waals surface area contributed by atoms with Crippen LogP contribution in [0.3, 0.4) is 0 Å². The van der Waals surface area contributed by atoms with E-state index in [1.54, 1.807) is 0 Å². The number of halogens is 1. The third-order valence-electron chi connectivity index (χ3n) is 3.75. The van der Waals surface area contributed by atoms with Crippen LogP contribution < -0.4 is 10.6 Å². The summed E-state index contributed by atoms with van der Waals surface area (Å²) in [7, 11) is 1.85. The van der Waals surface area contributed by atoms with Crippen LogP contribution in [0, 0.1) is 0 Å². The van der Waals surface area contributed by atoms with Crippen LogP contribution in [0.1, 0.15) is 33.6 Å². The number of hydrogen-bond acceptors (Lipinski definition) is 3. The molecule has 0 saturated carbocycles. The average molecular weight is 414 g/mol. The molecular weight excluding hydrogens is 383 g/mol. The van der Waals surface area contributed by atoms with Gasteiger partial charge in [0, 0.05) is 31.4 Å². The van der Waals surface area contributed by atoms with Gasteiger partial charge < -0.3 is 10.6 Å². The predicted molar refractivity (Wildman–Crippen MR) is 103 cm³/mol. The number of nitrogens with one attached hydrogen (secondary N) is 2. The van der Waals surface area contributed by atoms with E-state index in [0.717, 1.165) is 37.4 Å². The fraction of sp³-hybridized carbons (Fsp3) is 0.929. The van der Waals surface area contributed by atoms with Crippen molar-refractivity contribution in [3.8, 4) is 0 Å². The lowest BCUT2D eigenvalue weighted by atomic mass is 10.2. The molecule has 6 heteroatoms. The highest BCUT2D eigenvalue weighted by molar-refractivity contribution is 14.0. The Morgan fingerprint density at radius 1 is 1.35 bits per heavy atom. The first-order valence-electron chi connectivity index (χ1n) is 7.51. The van der Waals surface area contributed by atoms with Crippen LogP contribution in [0.5, 0.6) is 0 Å². The highest BCUT2D eigenvalue weighted by Gasteiger charge is 2.16. The molecule has 1 heterocycles. The van der Waals surface area contributed by atoms with Crippen molar-refractivity contribution in [2.75, 3.05) is 39.0 Å². The van der Waals surface area contributed by atoms with Crippen molar-refractivity contribution in [3.63, 3.8) is 0 Å². The Kier molecular flexibility index (Phi) is 12.1. The van der Waals surface area contributed by atoms with Crippen molar-refractivity contribution >= 4 is 41.7 Å². The summed E-state index contributed by atoms with van der Waals surface area (Å²) < 4.78 is 0. The Labute approximate surface area is 145 Å². The molecule has 0 radical (unpaired) electrons. The van der Waals surface area contributed by atoms with Crippen molar-refractivity contribution in [2.24, 2.45) is 4.99 Å². The van der Waals surface area contributed by atoms with E-state index in [1.807, 2.05) is 7.05 Å². The maximum atomic E-state index is 4.30. The van der Waals surface area contributed by atoms with Gasteiger partial charge >= 0.3 is 0 Å². The monoisotopic (exact) mass is 414 g/mol. The van der Waals surface area contributed by atoms with Gasteiger partial charge in [-0.15, -0.1) is 24.0 Å². The first-order valence-corrected chi connectivity index (χ1v) is 8.56. The standard InChI is InChI=1S/C14H30N4S.HI/c1-5-18(6-2)12(3)10-16-14(15-4)17-11-13-8-7-9-19-13;/h12-13H,5-11H2,1-4H3,(H2,15,16,17);1H. The van der Waals surface area contributed by atoms with E-state index < -0.39 is 0 Å². The van der Waals surface area contributed by atoms with Gasteiger partial charge in [-0.05, 0) is 38.6 Å². The summed E-state index contributed by atoms with van der Waals surface area (Å²) in [6, 6.07) is 0.536. The quantitative estimate of drug-likeness (QED) is 0.381. The lowest BCUT2D eigenvalue weighted by Crippen LogP contribution is -2.46. The molecule has 0 aromatic carbocycles. The van der Waals surface area contributed by atoms with Gasteiger partial charge in [0.05, 0.1) is 0 Å². The minimum Gasteiger partial charge on any atom is -0.355 e. The summed E-state index contributed by atoms with van der Waals surface area (Å²) in [5.74, 6) is 2.25. The molecule has 1 aliphatic heterocycles. The number of rotatable bonds is 7. The Balaban J connectivity index is 0.00000361. The molecule has 20 heavy (non-hydrogen) atoms. The zero-order valence-corrected chi connectivity index (χ0v) is 16.5. The maximum Gasteiger partial charge on any atom is 0.191 e. The predicted octanol–water partition coefficient (Wildman–Crippen LogP) is 2.40. The van der Waals surface area contributed by atoms with Crippen molar-refractivity contribution in [3.05, 3.63) is 0 Å². The largest absolute Gasteiger partial charge is 0.355 e. The summed E-state index contributed by atoms with van der Waals surface area (Å²) in [4.78, 5) is 6.75. The van der Waals surface area contributed by atoms with E-state index in [2.05, 4.69) is 53.1 Å². The van der Waals surface area contributed by atoms with Crippen molar-refractivity contribution < 1.29 is 0 Å². The highest BCUT2D eigenvalue weighted by Crippen LogP contribution is 2.25. The zero-order chi connectivity index (χ0) is 14.1. The Morgan fingerprint density at radius 3 is 2.55 bits per heavy atom. The van der Waals surface area contributed by atoms with Crippen molar-refractivity contribution in [1.82, 2.24) is 15.5 Å². The molecule has 0 bridgehead atoms. The molecule has 1 saturated heterocycles. The Bertz CT molecular complexity index is 266. The van der Waals surface area contributed by atoms with Crippen molar-refractivity contribution in [1.29, 1.82) is 0 Å². The van der Waals surface area contributed by atoms with Gasteiger partial charge in [-0.1, -0.05) is 13.8 Å². The number of likely N-dealkylation sites (N-methyl/N-ethyl adjacent to an activating group) is 1. The normalized spacial score (nSPS) is 20.6. The number of nitrogens with zero attached hydrogens (tertiary/aromatic N) is 2. The minimum atomic E-state index is 0. The van der Waals surface area contributed by atoms with Crippen LogP contribution in [0.4, 0.5) is 0 Å². The molecule has 0 spiro atoms. The molecule has 2 N–H and O–H groups in total. The topological polar surface area (TPSA) is 39.7 Å². The summed E-state index contributed by atoms with van der Waals surface area (Å²) in [5, 5.41) is 7.63. The van der Waals surface area contributed by atoms with Crippen LogP contribution in [-0.2, 0) is 0 Å². The molecule has 0 aromatic rings. The van der Waals surface area contributed by atoms with Gasteiger partial charge in [-0.3, -0.25) is 9.89 Å². The lowest BCUT2D eigenvalue weighted by molar-refractivity contribution is 0.231. The molecule has 0 amide bonds. The number of aliphatic imine (C=N–C) groups is 1. The molecule has 4 nitrogen and oxygen atoms in total. The molecule has 1 rings (SSSR count). The van der Waals surface area contributed by atoms with E-state index in [-0.39, 0.29) is 24.0 Å². The summed E-state index contributed by atoms with van der Waals surface area (Å²) in [6.45, 7) is 10.9. The van der Waals surface area contributed by atoms with Gasteiger partial charge in [0.25, 0.3) is 0 Å². The highest BCUT2D eigenvalue weighted by atomic mass is 127. The molecule has 1 aliphatic rings. The molecular formula is C14H31IN4S. The number of hydrogen-bond donors (Lipinski definition) is 2. The first kappa shape index (κ1) is 20.3. The van der Waals surface area contributed by atoms with E-state index >= 15 is 0 Å². The summed E-state index contributed by atoms with van der Waals surface area (Å²) >= 11 is 2.08. The smallest absolute Gasteiger partial charge is 0.191 e. The average Bonchev–Trinajstić information content (AvgIpc) is 2.93. The lowest BCUT2D eigenvalue weighted by Gasteiger charge is -2.27. The summed E-state index contributed by atoms with van der Waals surface area (Å²) in [6.07, 6.45) is 2.70. The van der Waals surface area contributed by atoms with Crippen LogP contribution in [-0.4, -0.2) is 61.1 Å². The molecule has 1 fully saturated rings. The fourth-order valence-corrected chi connectivity index (χ4v) is 3.66. The number of thioether (sulfide) groups is 1. The van der Waals surface area contributed by atoms with E-state index in [0.29, 0.717) is 6.04 Å². The van der Waals surface area contributed by atoms with E-state index in [9.17, 15) is 0 Å². The SMILES string of the molecule is CCN(CC)C(C)CNC(=NC)NCC1CCCS1.I.